The second-order valence-corrected chi connectivity index (χ2v) is 8.17. The zero-order valence-corrected chi connectivity index (χ0v) is 22.3. The topological polar surface area (TPSA) is 84.6 Å². The van der Waals surface area contributed by atoms with Crippen LogP contribution in [0.25, 0.3) is 22.2 Å². The Kier molecular flexibility index (Phi) is 10.2. The number of nitrogens with zero attached hydrogens (tertiary/aromatic N) is 1. The van der Waals surface area contributed by atoms with Crippen LogP contribution in [0.15, 0.2) is 71.3 Å². The van der Waals surface area contributed by atoms with Crippen molar-refractivity contribution in [3.8, 4) is 22.8 Å². The van der Waals surface area contributed by atoms with Crippen LogP contribution >= 0.6 is 0 Å². The zero-order chi connectivity index (χ0) is 23.8. The third-order valence-electron chi connectivity index (χ3n) is 5.56. The maximum absolute atomic E-state index is 10.8. The van der Waals surface area contributed by atoms with Crippen LogP contribution in [0.5, 0.6) is 11.5 Å². The van der Waals surface area contributed by atoms with Gasteiger partial charge in [0.2, 0.25) is 0 Å². The van der Waals surface area contributed by atoms with Crippen LogP contribution in [0, 0.1) is 0 Å². The zero-order valence-electron chi connectivity index (χ0n) is 20.3. The molecule has 1 heterocycles. The molecule has 0 spiro atoms. The van der Waals surface area contributed by atoms with Crippen LogP contribution in [0.1, 0.15) is 37.3 Å². The van der Waals surface area contributed by atoms with Crippen molar-refractivity contribution in [1.29, 1.82) is 0 Å². The summed E-state index contributed by atoms with van der Waals surface area (Å²) in [6, 6.07) is 21.2. The van der Waals surface area contributed by atoms with E-state index < -0.39 is 5.97 Å². The van der Waals surface area contributed by atoms with Crippen LogP contribution in [0.3, 0.4) is 0 Å². The Hall–Kier alpha value is -2.80. The first-order valence-electron chi connectivity index (χ1n) is 11.7. The van der Waals surface area contributed by atoms with Gasteiger partial charge in [-0.2, -0.15) is 0 Å². The molecule has 0 N–H and O–H groups in total. The van der Waals surface area contributed by atoms with Gasteiger partial charge in [0, 0.05) is 23.5 Å². The van der Waals surface area contributed by atoms with E-state index in [2.05, 4.69) is 12.1 Å². The largest absolute Gasteiger partial charge is 1.00 e. The quantitative estimate of drug-likeness (QED) is 0.227. The van der Waals surface area contributed by atoms with E-state index in [1.165, 1.54) is 0 Å². The Bertz CT molecular complexity index is 1240. The molecule has 4 rings (SSSR count). The van der Waals surface area contributed by atoms with Crippen molar-refractivity contribution in [3.05, 3.63) is 77.9 Å². The van der Waals surface area contributed by atoms with Gasteiger partial charge in [-0.1, -0.05) is 61.0 Å². The van der Waals surface area contributed by atoms with Gasteiger partial charge in [0.15, 0.2) is 5.58 Å². The molecule has 35 heavy (non-hydrogen) atoms. The number of unbranched alkanes of at least 4 members (excludes halogenated alkanes) is 1. The number of carboxylic acid groups (broad SMARTS) is 1. The Morgan fingerprint density at radius 1 is 0.971 bits per heavy atom. The van der Waals surface area contributed by atoms with Crippen molar-refractivity contribution in [2.75, 3.05) is 13.2 Å². The van der Waals surface area contributed by atoms with Crippen LogP contribution in [-0.4, -0.2) is 24.3 Å². The van der Waals surface area contributed by atoms with E-state index in [-0.39, 0.29) is 36.0 Å². The summed E-state index contributed by atoms with van der Waals surface area (Å²) in [5.41, 5.74) is 4.39. The summed E-state index contributed by atoms with van der Waals surface area (Å²) in [7, 11) is 0. The first kappa shape index (κ1) is 26.8. The molecule has 1 aromatic heterocycles. The predicted octanol–water partition coefficient (Wildman–Crippen LogP) is 1.98. The van der Waals surface area contributed by atoms with Crippen molar-refractivity contribution in [1.82, 2.24) is 5.16 Å². The van der Waals surface area contributed by atoms with E-state index in [1.807, 2.05) is 48.5 Å². The molecule has 0 aliphatic heterocycles. The number of carbonyl (C=O) groups is 1. The molecule has 0 unspecified atom stereocenters. The number of fused-ring (bicyclic) bond motifs is 1. The van der Waals surface area contributed by atoms with E-state index in [4.69, 9.17) is 14.0 Å². The number of hydrogen-bond acceptors (Lipinski definition) is 6. The van der Waals surface area contributed by atoms with Gasteiger partial charge in [0.05, 0.1) is 18.6 Å². The van der Waals surface area contributed by atoms with E-state index in [0.29, 0.717) is 24.5 Å². The molecule has 7 heteroatoms. The summed E-state index contributed by atoms with van der Waals surface area (Å²) < 4.78 is 17.6. The predicted molar refractivity (Wildman–Crippen MR) is 129 cm³/mol. The van der Waals surface area contributed by atoms with Crippen LogP contribution < -0.4 is 44.1 Å². The molecule has 0 saturated carbocycles. The first-order valence-corrected chi connectivity index (χ1v) is 11.7. The van der Waals surface area contributed by atoms with Crippen LogP contribution in [-0.2, 0) is 17.6 Å². The number of aromatic nitrogens is 1. The van der Waals surface area contributed by atoms with Gasteiger partial charge >= 0.3 is 29.6 Å². The molecule has 4 aromatic rings. The van der Waals surface area contributed by atoms with Gasteiger partial charge in [-0.15, -0.1) is 0 Å². The maximum Gasteiger partial charge on any atom is 1.00 e. The van der Waals surface area contributed by atoms with Crippen molar-refractivity contribution in [3.63, 3.8) is 0 Å². The monoisotopic (exact) mass is 481 g/mol. The fourth-order valence-corrected chi connectivity index (χ4v) is 3.96. The number of aliphatic carboxylic acids is 1. The molecule has 0 aliphatic rings. The smallest absolute Gasteiger partial charge is 0.550 e. The van der Waals surface area contributed by atoms with Crippen molar-refractivity contribution in [2.45, 2.75) is 39.0 Å². The van der Waals surface area contributed by atoms with Gasteiger partial charge in [-0.05, 0) is 49.1 Å². The Balaban J connectivity index is 0.00000342. The maximum atomic E-state index is 10.8. The van der Waals surface area contributed by atoms with Gasteiger partial charge in [-0.25, -0.2) is 0 Å². The molecule has 0 amide bonds. The molecule has 0 bridgehead atoms. The summed E-state index contributed by atoms with van der Waals surface area (Å²) in [5.74, 6) is 0.396. The van der Waals surface area contributed by atoms with Gasteiger partial charge < -0.3 is 23.9 Å². The number of benzene rings is 3. The van der Waals surface area contributed by atoms with E-state index in [9.17, 15) is 9.90 Å². The minimum Gasteiger partial charge on any atom is -0.550 e. The molecule has 0 aliphatic carbocycles. The van der Waals surface area contributed by atoms with E-state index >= 15 is 0 Å². The van der Waals surface area contributed by atoms with Gasteiger partial charge in [0.1, 0.15) is 17.2 Å². The van der Waals surface area contributed by atoms with Crippen LogP contribution in [0.2, 0.25) is 0 Å². The Labute approximate surface area is 227 Å². The average molecular weight is 482 g/mol. The summed E-state index contributed by atoms with van der Waals surface area (Å²) in [5, 5.41) is 16.1. The molecular formula is C28H28NNaO5. The summed E-state index contributed by atoms with van der Waals surface area (Å²) in [6.45, 7) is 3.23. The number of hydrogen-bond donors (Lipinski definition) is 0. The molecule has 176 valence electrons. The molecule has 6 nitrogen and oxygen atoms in total. The van der Waals surface area contributed by atoms with Crippen LogP contribution in [0.4, 0.5) is 0 Å². The number of ether oxygens (including phenoxy) is 2. The fraction of sp³-hybridized carbons (Fsp3) is 0.286. The Morgan fingerprint density at radius 2 is 1.74 bits per heavy atom. The fourth-order valence-electron chi connectivity index (χ4n) is 3.96. The molecule has 0 radical (unpaired) electrons. The molecule has 0 fully saturated rings. The van der Waals surface area contributed by atoms with Gasteiger partial charge in [0.25, 0.3) is 0 Å². The van der Waals surface area contributed by atoms with E-state index in [1.54, 1.807) is 18.2 Å². The van der Waals surface area contributed by atoms with Crippen molar-refractivity contribution >= 4 is 16.9 Å². The number of rotatable bonds is 12. The number of carbonyl (C=O) groups excluding carboxylic acids is 1. The van der Waals surface area contributed by atoms with Crippen molar-refractivity contribution < 1.29 is 53.5 Å². The second-order valence-electron chi connectivity index (χ2n) is 8.17. The Morgan fingerprint density at radius 3 is 2.49 bits per heavy atom. The summed E-state index contributed by atoms with van der Waals surface area (Å²) >= 11 is 0. The third kappa shape index (κ3) is 7.10. The molecular weight excluding hydrogens is 453 g/mol. The number of aryl methyl sites for hydroxylation is 1. The minimum atomic E-state index is -1.10. The molecule has 0 saturated heterocycles. The second kappa shape index (κ2) is 13.3. The third-order valence-corrected chi connectivity index (χ3v) is 5.56. The molecule has 3 aromatic carbocycles. The summed E-state index contributed by atoms with van der Waals surface area (Å²) in [4.78, 5) is 10.8. The van der Waals surface area contributed by atoms with Gasteiger partial charge in [-0.3, -0.25) is 0 Å². The normalized spacial score (nSPS) is 10.7. The standard InChI is InChI=1S/C28H29NO5.Na/c1-2-9-23-25(15-14-24-27(29-34-28(23)24)21-11-4-3-5-12-21)33-17-7-6-16-32-22-13-8-10-20(18-22)19-26(30)31;/h3-5,8,10-15,18H,2,6-7,9,16-17,19H2,1H3,(H,30,31);/q;+1/p-1. The number of carboxylic acids is 1. The average Bonchev–Trinajstić information content (AvgIpc) is 3.27. The first-order chi connectivity index (χ1) is 16.7. The van der Waals surface area contributed by atoms with E-state index in [0.717, 1.165) is 59.2 Å². The van der Waals surface area contributed by atoms with Crippen molar-refractivity contribution in [2.24, 2.45) is 0 Å². The summed E-state index contributed by atoms with van der Waals surface area (Å²) in [6.07, 6.45) is 3.35. The molecule has 0 atom stereocenters. The minimum absolute atomic E-state index is 0. The SMILES string of the molecule is CCCc1c(OCCCCOc2cccc(CC(=O)[O-])c2)ccc2c(-c3ccccc3)noc12.[Na+].